The fraction of sp³-hybridized carbons (Fsp3) is 0.562. The van der Waals surface area contributed by atoms with Gasteiger partial charge in [0.05, 0.1) is 6.07 Å². The van der Waals surface area contributed by atoms with Crippen molar-refractivity contribution in [1.82, 2.24) is 4.90 Å². The molecular formula is C16H20N2. The molecule has 0 N–H and O–H groups in total. The molecule has 2 saturated heterocycles. The van der Waals surface area contributed by atoms with Crippen molar-refractivity contribution in [1.29, 1.82) is 5.26 Å². The molecule has 3 rings (SSSR count). The van der Waals surface area contributed by atoms with Crippen molar-refractivity contribution in [3.05, 3.63) is 35.9 Å². The van der Waals surface area contributed by atoms with Crippen LogP contribution in [0.2, 0.25) is 0 Å². The highest BCUT2D eigenvalue weighted by Crippen LogP contribution is 2.43. The third-order valence-corrected chi connectivity index (χ3v) is 4.70. The lowest BCUT2D eigenvalue weighted by Crippen LogP contribution is -2.43. The Labute approximate surface area is 109 Å². The molecule has 2 fully saturated rings. The van der Waals surface area contributed by atoms with Crippen LogP contribution in [0.5, 0.6) is 0 Å². The highest BCUT2D eigenvalue weighted by molar-refractivity contribution is 5.20. The van der Waals surface area contributed by atoms with Gasteiger partial charge in [-0.3, -0.25) is 4.90 Å². The first-order valence-electron chi connectivity index (χ1n) is 7.01. The quantitative estimate of drug-likeness (QED) is 0.791. The molecule has 0 amide bonds. The summed E-state index contributed by atoms with van der Waals surface area (Å²) in [6.45, 7) is 2.31. The minimum absolute atomic E-state index is 0.293. The van der Waals surface area contributed by atoms with Gasteiger partial charge in [0.25, 0.3) is 0 Å². The van der Waals surface area contributed by atoms with E-state index >= 15 is 0 Å². The molecule has 2 heteroatoms. The van der Waals surface area contributed by atoms with Gasteiger partial charge in [-0.05, 0) is 38.2 Å². The Morgan fingerprint density at radius 2 is 1.78 bits per heavy atom. The molecule has 1 aromatic carbocycles. The Bertz CT molecular complexity index is 434. The third-order valence-electron chi connectivity index (χ3n) is 4.70. The molecule has 1 aromatic rings. The van der Waals surface area contributed by atoms with Crippen molar-refractivity contribution in [2.75, 3.05) is 0 Å². The van der Waals surface area contributed by atoms with E-state index in [0.29, 0.717) is 24.0 Å². The van der Waals surface area contributed by atoms with Gasteiger partial charge < -0.3 is 0 Å². The molecule has 18 heavy (non-hydrogen) atoms. The van der Waals surface area contributed by atoms with Gasteiger partial charge in [0.2, 0.25) is 0 Å². The van der Waals surface area contributed by atoms with Gasteiger partial charge >= 0.3 is 0 Å². The van der Waals surface area contributed by atoms with Gasteiger partial charge in [-0.25, -0.2) is 0 Å². The molecule has 0 aliphatic carbocycles. The van der Waals surface area contributed by atoms with Gasteiger partial charge in [-0.2, -0.15) is 5.26 Å². The van der Waals surface area contributed by atoms with Crippen LogP contribution in [0.3, 0.4) is 0 Å². The van der Waals surface area contributed by atoms with Crippen LogP contribution in [0.15, 0.2) is 30.3 Å². The van der Waals surface area contributed by atoms with Crippen LogP contribution in [0.1, 0.15) is 44.2 Å². The van der Waals surface area contributed by atoms with E-state index < -0.39 is 0 Å². The van der Waals surface area contributed by atoms with Crippen LogP contribution < -0.4 is 0 Å². The van der Waals surface area contributed by atoms with Gasteiger partial charge in [0, 0.05) is 24.0 Å². The maximum atomic E-state index is 9.13. The average Bonchev–Trinajstić information content (AvgIpc) is 2.69. The Kier molecular flexibility index (Phi) is 3.09. The summed E-state index contributed by atoms with van der Waals surface area (Å²) in [5.41, 5.74) is 1.41. The summed E-state index contributed by atoms with van der Waals surface area (Å²) in [5.74, 6) is 0.293. The Morgan fingerprint density at radius 3 is 2.33 bits per heavy atom. The molecule has 0 saturated carbocycles. The van der Waals surface area contributed by atoms with Crippen LogP contribution in [0.4, 0.5) is 0 Å². The Hall–Kier alpha value is -1.33. The number of nitrogens with zero attached hydrogens (tertiary/aromatic N) is 2. The lowest BCUT2D eigenvalue weighted by atomic mass is 9.89. The average molecular weight is 240 g/mol. The fourth-order valence-corrected chi connectivity index (χ4v) is 3.85. The molecule has 0 aromatic heterocycles. The van der Waals surface area contributed by atoms with E-state index in [1.54, 1.807) is 0 Å². The molecule has 0 radical (unpaired) electrons. The summed E-state index contributed by atoms with van der Waals surface area (Å²) < 4.78 is 0. The van der Waals surface area contributed by atoms with E-state index in [2.05, 4.69) is 48.2 Å². The molecule has 2 aliphatic rings. The summed E-state index contributed by atoms with van der Waals surface area (Å²) in [7, 11) is 0. The van der Waals surface area contributed by atoms with E-state index in [1.807, 2.05) is 0 Å². The highest BCUT2D eigenvalue weighted by Gasteiger charge is 2.42. The second-order valence-electron chi connectivity index (χ2n) is 5.72. The summed E-state index contributed by atoms with van der Waals surface area (Å²) >= 11 is 0. The monoisotopic (exact) mass is 240 g/mol. The van der Waals surface area contributed by atoms with Crippen molar-refractivity contribution < 1.29 is 0 Å². The van der Waals surface area contributed by atoms with Crippen LogP contribution in [-0.4, -0.2) is 17.0 Å². The predicted molar refractivity (Wildman–Crippen MR) is 71.8 cm³/mol. The summed E-state index contributed by atoms with van der Waals surface area (Å²) in [5, 5.41) is 9.13. The summed E-state index contributed by atoms with van der Waals surface area (Å²) in [6.07, 6.45) is 4.70. The van der Waals surface area contributed by atoms with Gasteiger partial charge in [-0.1, -0.05) is 30.3 Å². The van der Waals surface area contributed by atoms with Crippen molar-refractivity contribution in [3.63, 3.8) is 0 Å². The number of hydrogen-bond donors (Lipinski definition) is 0. The Morgan fingerprint density at radius 1 is 1.17 bits per heavy atom. The van der Waals surface area contributed by atoms with Gasteiger partial charge in [-0.15, -0.1) is 0 Å². The topological polar surface area (TPSA) is 27.0 Å². The van der Waals surface area contributed by atoms with Crippen molar-refractivity contribution in [2.24, 2.45) is 5.92 Å². The second kappa shape index (κ2) is 4.74. The lowest BCUT2D eigenvalue weighted by molar-refractivity contribution is 0.0792. The fourth-order valence-electron chi connectivity index (χ4n) is 3.85. The standard InChI is InChI=1S/C16H20N2/c1-12(14-5-3-2-4-6-14)18-15-7-8-16(18)10-13(9-15)11-17/h2-6,12-13,15-16H,7-10H2,1H3. The minimum Gasteiger partial charge on any atom is -0.291 e. The smallest absolute Gasteiger partial charge is 0.0657 e. The maximum absolute atomic E-state index is 9.13. The lowest BCUT2D eigenvalue weighted by Gasteiger charge is -2.41. The largest absolute Gasteiger partial charge is 0.291 e. The normalized spacial score (nSPS) is 33.0. The first kappa shape index (κ1) is 11.7. The van der Waals surface area contributed by atoms with Gasteiger partial charge in [0.1, 0.15) is 0 Å². The third kappa shape index (κ3) is 1.93. The number of benzene rings is 1. The van der Waals surface area contributed by atoms with Crippen molar-refractivity contribution in [2.45, 2.75) is 50.7 Å². The molecule has 2 bridgehead atoms. The van der Waals surface area contributed by atoms with E-state index in [0.717, 1.165) is 12.8 Å². The zero-order valence-electron chi connectivity index (χ0n) is 10.9. The van der Waals surface area contributed by atoms with Gasteiger partial charge in [0.15, 0.2) is 0 Å². The summed E-state index contributed by atoms with van der Waals surface area (Å²) in [4.78, 5) is 2.67. The zero-order chi connectivity index (χ0) is 12.5. The zero-order valence-corrected chi connectivity index (χ0v) is 10.9. The maximum Gasteiger partial charge on any atom is 0.0657 e. The molecule has 3 atom stereocenters. The number of piperidine rings is 1. The van der Waals surface area contributed by atoms with E-state index in [-0.39, 0.29) is 0 Å². The Balaban J connectivity index is 1.80. The number of fused-ring (bicyclic) bond motifs is 2. The molecule has 2 aliphatic heterocycles. The molecular weight excluding hydrogens is 220 g/mol. The van der Waals surface area contributed by atoms with E-state index in [4.69, 9.17) is 5.26 Å². The second-order valence-corrected chi connectivity index (χ2v) is 5.72. The summed E-state index contributed by atoms with van der Waals surface area (Å²) in [6, 6.07) is 15.0. The first-order valence-corrected chi connectivity index (χ1v) is 7.01. The number of hydrogen-bond acceptors (Lipinski definition) is 2. The molecule has 94 valence electrons. The van der Waals surface area contributed by atoms with Crippen molar-refractivity contribution in [3.8, 4) is 6.07 Å². The van der Waals surface area contributed by atoms with E-state index in [9.17, 15) is 0 Å². The van der Waals surface area contributed by atoms with Crippen LogP contribution in [-0.2, 0) is 0 Å². The van der Waals surface area contributed by atoms with E-state index in [1.165, 1.54) is 18.4 Å². The molecule has 2 nitrogen and oxygen atoms in total. The predicted octanol–water partition coefficient (Wildman–Crippen LogP) is 3.51. The molecule has 0 spiro atoms. The highest BCUT2D eigenvalue weighted by atomic mass is 15.2. The number of nitriles is 1. The van der Waals surface area contributed by atoms with Crippen LogP contribution >= 0.6 is 0 Å². The van der Waals surface area contributed by atoms with Crippen LogP contribution in [0, 0.1) is 17.2 Å². The SMILES string of the molecule is CC(c1ccccc1)N1C2CCC1CC(C#N)C2. The van der Waals surface area contributed by atoms with Crippen molar-refractivity contribution >= 4 is 0 Å². The minimum atomic E-state index is 0.293. The van der Waals surface area contributed by atoms with Crippen LogP contribution in [0.25, 0.3) is 0 Å². The molecule has 3 unspecified atom stereocenters. The first-order chi connectivity index (χ1) is 8.79. The number of rotatable bonds is 2. The molecule has 2 heterocycles.